The Balaban J connectivity index is 2.38. The Labute approximate surface area is 165 Å². The van der Waals surface area contributed by atoms with Gasteiger partial charge in [-0.2, -0.15) is 0 Å². The second-order valence-corrected chi connectivity index (χ2v) is 12.7. The lowest BCUT2D eigenvalue weighted by Gasteiger charge is -2.43. The van der Waals surface area contributed by atoms with Crippen molar-refractivity contribution in [2.75, 3.05) is 19.8 Å². The van der Waals surface area contributed by atoms with Gasteiger partial charge in [0, 0.05) is 25.7 Å². The van der Waals surface area contributed by atoms with Gasteiger partial charge in [-0.05, 0) is 27.8 Å². The lowest BCUT2D eigenvalue weighted by Crippen LogP contribution is -2.66. The molecule has 1 atom stereocenters. The molecule has 0 saturated heterocycles. The predicted octanol–water partition coefficient (Wildman–Crippen LogP) is 3.19. The Hall–Kier alpha value is -1.46. The van der Waals surface area contributed by atoms with E-state index in [0.717, 1.165) is 6.42 Å². The molecule has 0 radical (unpaired) electrons. The minimum Gasteiger partial charge on any atom is -0.407 e. The molecule has 4 heteroatoms. The second kappa shape index (κ2) is 9.65. The van der Waals surface area contributed by atoms with E-state index in [1.54, 1.807) is 0 Å². The van der Waals surface area contributed by atoms with Crippen LogP contribution in [-0.2, 0) is 4.43 Å². The van der Waals surface area contributed by atoms with E-state index in [2.05, 4.69) is 76.2 Å². The first-order valence-corrected chi connectivity index (χ1v) is 11.7. The van der Waals surface area contributed by atoms with Crippen molar-refractivity contribution >= 4 is 18.7 Å². The molecular formula is C23H34O3Si. The molecule has 3 nitrogen and oxygen atoms in total. The van der Waals surface area contributed by atoms with Crippen LogP contribution in [0.5, 0.6) is 0 Å². The van der Waals surface area contributed by atoms with Crippen molar-refractivity contribution < 1.29 is 14.6 Å². The van der Waals surface area contributed by atoms with Crippen molar-refractivity contribution in [3.05, 3.63) is 60.7 Å². The van der Waals surface area contributed by atoms with Gasteiger partial charge in [-0.25, -0.2) is 0 Å². The molecule has 0 aliphatic heterocycles. The van der Waals surface area contributed by atoms with Gasteiger partial charge in [-0.15, -0.1) is 0 Å². The highest BCUT2D eigenvalue weighted by atomic mass is 28.4. The zero-order valence-electron chi connectivity index (χ0n) is 17.1. The second-order valence-electron chi connectivity index (χ2n) is 8.40. The van der Waals surface area contributed by atoms with Crippen molar-refractivity contribution in [3.63, 3.8) is 0 Å². The molecule has 0 fully saturated rings. The summed E-state index contributed by atoms with van der Waals surface area (Å²) in [5.41, 5.74) is 0. The monoisotopic (exact) mass is 386 g/mol. The Bertz CT molecular complexity index is 624. The van der Waals surface area contributed by atoms with Gasteiger partial charge in [0.25, 0.3) is 8.32 Å². The van der Waals surface area contributed by atoms with E-state index in [1.165, 1.54) is 10.4 Å². The Kier molecular flexibility index (Phi) is 7.80. The molecule has 2 aromatic carbocycles. The van der Waals surface area contributed by atoms with Crippen molar-refractivity contribution in [2.24, 2.45) is 11.8 Å². The lowest BCUT2D eigenvalue weighted by molar-refractivity contribution is 0.101. The molecule has 0 aliphatic carbocycles. The van der Waals surface area contributed by atoms with Gasteiger partial charge in [-0.3, -0.25) is 0 Å². The number of hydrogen-bond donors (Lipinski definition) is 2. The Morgan fingerprint density at radius 2 is 1.30 bits per heavy atom. The van der Waals surface area contributed by atoms with E-state index in [9.17, 15) is 10.2 Å². The first kappa shape index (κ1) is 21.8. The topological polar surface area (TPSA) is 49.7 Å². The van der Waals surface area contributed by atoms with Gasteiger partial charge in [0.05, 0.1) is 0 Å². The Morgan fingerprint density at radius 3 is 1.67 bits per heavy atom. The summed E-state index contributed by atoms with van der Waals surface area (Å²) in [6, 6.07) is 21.2. The van der Waals surface area contributed by atoms with Gasteiger partial charge >= 0.3 is 0 Å². The largest absolute Gasteiger partial charge is 0.407 e. The van der Waals surface area contributed by atoms with Gasteiger partial charge in [0.15, 0.2) is 0 Å². The summed E-state index contributed by atoms with van der Waals surface area (Å²) in [4.78, 5) is 0. The molecule has 0 saturated carbocycles. The zero-order chi connectivity index (χ0) is 19.9. The molecule has 1 unspecified atom stereocenters. The van der Waals surface area contributed by atoms with Gasteiger partial charge in [0.2, 0.25) is 0 Å². The summed E-state index contributed by atoms with van der Waals surface area (Å²) < 4.78 is 6.85. The minimum absolute atomic E-state index is 0.0108. The molecule has 148 valence electrons. The maximum atomic E-state index is 9.45. The van der Waals surface area contributed by atoms with E-state index < -0.39 is 8.32 Å². The van der Waals surface area contributed by atoms with Crippen molar-refractivity contribution in [1.82, 2.24) is 0 Å². The van der Waals surface area contributed by atoms with Crippen LogP contribution in [0.25, 0.3) is 0 Å². The highest BCUT2D eigenvalue weighted by molar-refractivity contribution is 6.99. The SMILES string of the molecule is CC(CCO[Si](c1ccccc1)(c1ccccc1)C(C)(C)C)C(CO)CO. The molecular weight excluding hydrogens is 352 g/mol. The van der Waals surface area contributed by atoms with Gasteiger partial charge < -0.3 is 14.6 Å². The van der Waals surface area contributed by atoms with Gasteiger partial charge in [0.1, 0.15) is 0 Å². The maximum Gasteiger partial charge on any atom is 0.261 e. The molecule has 0 spiro atoms. The van der Waals surface area contributed by atoms with Crippen LogP contribution in [0.4, 0.5) is 0 Å². The van der Waals surface area contributed by atoms with E-state index >= 15 is 0 Å². The summed E-state index contributed by atoms with van der Waals surface area (Å²) in [5.74, 6) is 0.117. The molecule has 2 rings (SSSR count). The van der Waals surface area contributed by atoms with E-state index in [1.807, 2.05) is 12.1 Å². The average Bonchev–Trinajstić information content (AvgIpc) is 2.66. The maximum absolute atomic E-state index is 9.45. The standard InChI is InChI=1S/C23H34O3Si/c1-19(20(17-24)18-25)15-16-26-27(23(2,3)4,21-11-7-5-8-12-21)22-13-9-6-10-14-22/h5-14,19-20,24-25H,15-18H2,1-4H3. The minimum atomic E-state index is -2.50. The summed E-state index contributed by atoms with van der Waals surface area (Å²) in [5, 5.41) is 21.4. The third kappa shape index (κ3) is 4.88. The third-order valence-electron chi connectivity index (χ3n) is 5.58. The summed E-state index contributed by atoms with van der Waals surface area (Å²) >= 11 is 0. The summed E-state index contributed by atoms with van der Waals surface area (Å²) in [6.07, 6.45) is 0.816. The van der Waals surface area contributed by atoms with Crippen LogP contribution < -0.4 is 10.4 Å². The average molecular weight is 387 g/mol. The smallest absolute Gasteiger partial charge is 0.261 e. The van der Waals surface area contributed by atoms with Crippen LogP contribution in [0.2, 0.25) is 5.04 Å². The Morgan fingerprint density at radius 1 is 0.852 bits per heavy atom. The molecule has 0 aromatic heterocycles. The van der Waals surface area contributed by atoms with E-state index in [-0.39, 0.29) is 30.1 Å². The molecule has 0 bridgehead atoms. The number of benzene rings is 2. The number of hydrogen-bond acceptors (Lipinski definition) is 3. The highest BCUT2D eigenvalue weighted by Gasteiger charge is 2.50. The molecule has 27 heavy (non-hydrogen) atoms. The molecule has 0 aliphatic rings. The normalized spacial score (nSPS) is 13.7. The molecule has 2 N–H and O–H groups in total. The number of aliphatic hydroxyl groups is 2. The van der Waals surface area contributed by atoms with Crippen LogP contribution in [0.15, 0.2) is 60.7 Å². The summed E-state index contributed by atoms with van der Waals surface area (Å²) in [7, 11) is -2.50. The predicted molar refractivity (Wildman–Crippen MR) is 115 cm³/mol. The van der Waals surface area contributed by atoms with Crippen LogP contribution in [0.3, 0.4) is 0 Å². The van der Waals surface area contributed by atoms with E-state index in [0.29, 0.717) is 6.61 Å². The molecule has 0 amide bonds. The van der Waals surface area contributed by atoms with Crippen molar-refractivity contribution in [2.45, 2.75) is 39.2 Å². The first-order chi connectivity index (χ1) is 12.9. The molecule has 2 aromatic rings. The fraction of sp³-hybridized carbons (Fsp3) is 0.478. The van der Waals surface area contributed by atoms with Crippen molar-refractivity contribution in [3.8, 4) is 0 Å². The third-order valence-corrected chi connectivity index (χ3v) is 10.6. The highest BCUT2D eigenvalue weighted by Crippen LogP contribution is 2.37. The quantitative estimate of drug-likeness (QED) is 0.651. The van der Waals surface area contributed by atoms with Crippen LogP contribution in [0, 0.1) is 11.8 Å². The molecule has 0 heterocycles. The van der Waals surface area contributed by atoms with Crippen LogP contribution >= 0.6 is 0 Å². The fourth-order valence-electron chi connectivity index (χ4n) is 3.81. The fourth-order valence-corrected chi connectivity index (χ4v) is 8.39. The van der Waals surface area contributed by atoms with E-state index in [4.69, 9.17) is 4.43 Å². The van der Waals surface area contributed by atoms with Crippen LogP contribution in [-0.4, -0.2) is 38.4 Å². The number of rotatable bonds is 9. The lowest BCUT2D eigenvalue weighted by atomic mass is 9.93. The zero-order valence-corrected chi connectivity index (χ0v) is 18.1. The first-order valence-electron chi connectivity index (χ1n) is 9.83. The summed E-state index contributed by atoms with van der Waals surface area (Å²) in [6.45, 7) is 9.53. The van der Waals surface area contributed by atoms with Crippen molar-refractivity contribution in [1.29, 1.82) is 0 Å². The number of aliphatic hydroxyl groups excluding tert-OH is 2. The van der Waals surface area contributed by atoms with Gasteiger partial charge in [-0.1, -0.05) is 88.4 Å². The van der Waals surface area contributed by atoms with Crippen LogP contribution in [0.1, 0.15) is 34.1 Å².